The first-order valence-electron chi connectivity index (χ1n) is 5.91. The molecule has 1 aromatic carbocycles. The third-order valence-corrected chi connectivity index (χ3v) is 3.54. The van der Waals surface area contributed by atoms with Crippen LogP contribution in [0.4, 0.5) is 10.1 Å². The highest BCUT2D eigenvalue weighted by atomic mass is 32.1. The molecule has 0 spiro atoms. The number of nitrogens with two attached hydrogens (primary N) is 1. The molecule has 0 aliphatic rings. The Morgan fingerprint density at radius 3 is 2.90 bits per heavy atom. The van der Waals surface area contributed by atoms with Crippen LogP contribution in [0.2, 0.25) is 0 Å². The molecule has 20 heavy (non-hydrogen) atoms. The average molecular weight is 290 g/mol. The van der Waals surface area contributed by atoms with Gasteiger partial charge in [0, 0.05) is 11.1 Å². The fraction of sp³-hybridized carbons (Fsp3) is 0.154. The molecule has 0 fully saturated rings. The van der Waals surface area contributed by atoms with E-state index in [1.165, 1.54) is 18.2 Å². The fourth-order valence-electron chi connectivity index (χ4n) is 1.81. The van der Waals surface area contributed by atoms with Gasteiger partial charge < -0.3 is 10.3 Å². The molecule has 0 saturated carbocycles. The third kappa shape index (κ3) is 2.53. The van der Waals surface area contributed by atoms with E-state index < -0.39 is 5.82 Å². The lowest BCUT2D eigenvalue weighted by atomic mass is 10.2. The van der Waals surface area contributed by atoms with Gasteiger partial charge in [0.2, 0.25) is 0 Å². The number of aryl methyl sites for hydroxylation is 1. The Bertz CT molecular complexity index is 752. The molecule has 102 valence electrons. The van der Waals surface area contributed by atoms with E-state index in [1.807, 2.05) is 12.3 Å². The highest BCUT2D eigenvalue weighted by Crippen LogP contribution is 2.25. The second kappa shape index (κ2) is 5.01. The summed E-state index contributed by atoms with van der Waals surface area (Å²) in [5, 5.41) is 6.84. The van der Waals surface area contributed by atoms with E-state index in [-0.39, 0.29) is 11.6 Å². The molecular weight excluding hydrogens is 279 g/mol. The van der Waals surface area contributed by atoms with E-state index in [4.69, 9.17) is 10.3 Å². The maximum absolute atomic E-state index is 13.0. The van der Waals surface area contributed by atoms with Gasteiger partial charge in [0.25, 0.3) is 5.89 Å². The fourth-order valence-corrected chi connectivity index (χ4v) is 2.43. The van der Waals surface area contributed by atoms with Crippen molar-refractivity contribution >= 4 is 17.0 Å². The number of anilines is 1. The van der Waals surface area contributed by atoms with Crippen molar-refractivity contribution in [3.63, 3.8) is 0 Å². The predicted octanol–water partition coefficient (Wildman–Crippen LogP) is 2.81. The number of benzene rings is 1. The van der Waals surface area contributed by atoms with Gasteiger partial charge in [-0.3, -0.25) is 0 Å². The van der Waals surface area contributed by atoms with Gasteiger partial charge >= 0.3 is 0 Å². The number of nitrogen functional groups attached to an aromatic ring is 1. The summed E-state index contributed by atoms with van der Waals surface area (Å²) in [4.78, 5) is 8.60. The Kier molecular flexibility index (Phi) is 3.19. The van der Waals surface area contributed by atoms with Crippen molar-refractivity contribution in [2.45, 2.75) is 13.3 Å². The van der Waals surface area contributed by atoms with Crippen LogP contribution in [0.25, 0.3) is 11.5 Å². The number of rotatable bonds is 3. The van der Waals surface area contributed by atoms with Crippen LogP contribution in [0.3, 0.4) is 0 Å². The maximum atomic E-state index is 13.0. The number of hydrogen-bond donors (Lipinski definition) is 1. The number of aromatic nitrogens is 3. The molecule has 2 heterocycles. The summed E-state index contributed by atoms with van der Waals surface area (Å²) < 4.78 is 18.2. The van der Waals surface area contributed by atoms with Crippen molar-refractivity contribution in [3.05, 3.63) is 45.9 Å². The summed E-state index contributed by atoms with van der Waals surface area (Å²) >= 11 is 1.57. The molecule has 0 saturated heterocycles. The Labute approximate surface area is 118 Å². The second-order valence-electron chi connectivity index (χ2n) is 4.28. The summed E-state index contributed by atoms with van der Waals surface area (Å²) in [6.45, 7) is 1.94. The Balaban J connectivity index is 1.86. The molecule has 0 amide bonds. The summed E-state index contributed by atoms with van der Waals surface area (Å²) in [5.41, 5.74) is 7.43. The zero-order valence-corrected chi connectivity index (χ0v) is 11.4. The predicted molar refractivity (Wildman–Crippen MR) is 73.8 cm³/mol. The molecule has 3 aromatic rings. The first-order valence-corrected chi connectivity index (χ1v) is 6.79. The Hall–Kier alpha value is -2.28. The molecule has 7 heteroatoms. The van der Waals surface area contributed by atoms with Crippen molar-refractivity contribution in [3.8, 4) is 11.5 Å². The van der Waals surface area contributed by atoms with Crippen LogP contribution in [-0.2, 0) is 6.42 Å². The maximum Gasteiger partial charge on any atom is 0.260 e. The minimum atomic E-state index is -0.399. The van der Waals surface area contributed by atoms with Gasteiger partial charge in [-0.1, -0.05) is 5.16 Å². The third-order valence-electron chi connectivity index (χ3n) is 2.72. The van der Waals surface area contributed by atoms with Gasteiger partial charge in [-0.2, -0.15) is 4.98 Å². The minimum absolute atomic E-state index is 0.268. The van der Waals surface area contributed by atoms with E-state index in [2.05, 4.69) is 15.1 Å². The minimum Gasteiger partial charge on any atom is -0.398 e. The van der Waals surface area contributed by atoms with Crippen LogP contribution in [0, 0.1) is 12.7 Å². The molecule has 3 rings (SSSR count). The molecule has 5 nitrogen and oxygen atoms in total. The molecule has 0 aliphatic heterocycles. The van der Waals surface area contributed by atoms with Gasteiger partial charge in [0.15, 0.2) is 5.82 Å². The average Bonchev–Trinajstić information content (AvgIpc) is 2.99. The summed E-state index contributed by atoms with van der Waals surface area (Å²) in [6, 6.07) is 4.05. The molecule has 0 bridgehead atoms. The second-order valence-corrected chi connectivity index (χ2v) is 5.34. The Morgan fingerprint density at radius 1 is 1.35 bits per heavy atom. The van der Waals surface area contributed by atoms with E-state index in [0.29, 0.717) is 17.8 Å². The summed E-state index contributed by atoms with van der Waals surface area (Å²) in [6.07, 6.45) is 0.495. The van der Waals surface area contributed by atoms with Crippen LogP contribution < -0.4 is 5.73 Å². The van der Waals surface area contributed by atoms with E-state index in [9.17, 15) is 4.39 Å². The lowest BCUT2D eigenvalue weighted by Crippen LogP contribution is -1.93. The zero-order valence-electron chi connectivity index (χ0n) is 10.6. The lowest BCUT2D eigenvalue weighted by Gasteiger charge is -1.99. The largest absolute Gasteiger partial charge is 0.398 e. The van der Waals surface area contributed by atoms with Gasteiger partial charge in [0.05, 0.1) is 22.7 Å². The van der Waals surface area contributed by atoms with Crippen LogP contribution in [0.5, 0.6) is 0 Å². The molecule has 0 unspecified atom stereocenters. The molecule has 0 atom stereocenters. The molecule has 0 radical (unpaired) electrons. The summed E-state index contributed by atoms with van der Waals surface area (Å²) in [5.74, 6) is 0.405. The SMILES string of the molecule is Cc1nc(Cc2noc(-c3ccc(F)cc3N)n2)cs1. The monoisotopic (exact) mass is 290 g/mol. The smallest absolute Gasteiger partial charge is 0.260 e. The molecule has 2 aromatic heterocycles. The number of nitrogens with zero attached hydrogens (tertiary/aromatic N) is 3. The highest BCUT2D eigenvalue weighted by molar-refractivity contribution is 7.09. The topological polar surface area (TPSA) is 77.8 Å². The van der Waals surface area contributed by atoms with Crippen molar-refractivity contribution in [2.24, 2.45) is 0 Å². The van der Waals surface area contributed by atoms with Crippen LogP contribution in [0.15, 0.2) is 28.1 Å². The van der Waals surface area contributed by atoms with E-state index >= 15 is 0 Å². The van der Waals surface area contributed by atoms with Crippen molar-refractivity contribution in [1.29, 1.82) is 0 Å². The van der Waals surface area contributed by atoms with Gasteiger partial charge in [-0.15, -0.1) is 11.3 Å². The van der Waals surface area contributed by atoms with Gasteiger partial charge in [-0.25, -0.2) is 9.37 Å². The number of halogens is 1. The lowest BCUT2D eigenvalue weighted by molar-refractivity contribution is 0.424. The van der Waals surface area contributed by atoms with Crippen molar-refractivity contribution in [2.75, 3.05) is 5.73 Å². The van der Waals surface area contributed by atoms with Crippen LogP contribution in [0.1, 0.15) is 16.5 Å². The first kappa shape index (κ1) is 12.7. The zero-order chi connectivity index (χ0) is 14.1. The number of hydrogen-bond acceptors (Lipinski definition) is 6. The van der Waals surface area contributed by atoms with Crippen LogP contribution in [-0.4, -0.2) is 15.1 Å². The van der Waals surface area contributed by atoms with Crippen LogP contribution >= 0.6 is 11.3 Å². The molecule has 0 aliphatic carbocycles. The highest BCUT2D eigenvalue weighted by Gasteiger charge is 2.13. The van der Waals surface area contributed by atoms with E-state index in [0.717, 1.165) is 10.7 Å². The molecular formula is C13H11FN4OS. The number of thiazole rings is 1. The standard InChI is InChI=1S/C13H11FN4OS/c1-7-16-9(6-20-7)5-12-17-13(19-18-12)10-3-2-8(14)4-11(10)15/h2-4,6H,5,15H2,1H3. The van der Waals surface area contributed by atoms with Gasteiger partial charge in [0.1, 0.15) is 5.82 Å². The quantitative estimate of drug-likeness (QED) is 0.750. The summed E-state index contributed by atoms with van der Waals surface area (Å²) in [7, 11) is 0. The Morgan fingerprint density at radius 2 is 2.20 bits per heavy atom. The van der Waals surface area contributed by atoms with Crippen molar-refractivity contribution in [1.82, 2.24) is 15.1 Å². The normalized spacial score (nSPS) is 10.9. The van der Waals surface area contributed by atoms with Gasteiger partial charge in [-0.05, 0) is 25.1 Å². The van der Waals surface area contributed by atoms with Crippen molar-refractivity contribution < 1.29 is 8.91 Å². The first-order chi connectivity index (χ1) is 9.61. The van der Waals surface area contributed by atoms with E-state index in [1.54, 1.807) is 11.3 Å². The molecule has 2 N–H and O–H groups in total.